The normalized spacial score (nSPS) is 11.8. The second-order valence-corrected chi connectivity index (χ2v) is 9.49. The van der Waals surface area contributed by atoms with Gasteiger partial charge in [0.1, 0.15) is 12.6 Å². The third-order valence-electron chi connectivity index (χ3n) is 6.03. The van der Waals surface area contributed by atoms with Gasteiger partial charge >= 0.3 is 0 Å². The summed E-state index contributed by atoms with van der Waals surface area (Å²) >= 11 is 0. The lowest BCUT2D eigenvalue weighted by molar-refractivity contribution is -0.132. The van der Waals surface area contributed by atoms with Crippen molar-refractivity contribution in [2.75, 3.05) is 53.2 Å². The predicted octanol–water partition coefficient (Wildman–Crippen LogP) is 3.88. The first-order chi connectivity index (χ1) is 18.0. The van der Waals surface area contributed by atoms with E-state index in [1.807, 2.05) is 0 Å². The fraction of sp³-hybridized carbons (Fsp3) is 0.893. The Balaban J connectivity index is 4.39. The van der Waals surface area contributed by atoms with Crippen LogP contribution in [0.4, 0.5) is 0 Å². The van der Waals surface area contributed by atoms with E-state index < -0.39 is 6.04 Å². The first kappa shape index (κ1) is 35.3. The minimum atomic E-state index is -0.770. The van der Waals surface area contributed by atoms with Crippen LogP contribution in [-0.2, 0) is 28.6 Å². The number of amides is 3. The first-order valence-corrected chi connectivity index (χ1v) is 14.5. The van der Waals surface area contributed by atoms with Crippen molar-refractivity contribution in [3.05, 3.63) is 0 Å². The molecular formula is C28H55N3O6. The molecule has 218 valence electrons. The Bertz CT molecular complexity index is 562. The van der Waals surface area contributed by atoms with E-state index in [1.165, 1.54) is 44.9 Å². The quantitative estimate of drug-likeness (QED) is 0.139. The van der Waals surface area contributed by atoms with Crippen molar-refractivity contribution in [2.45, 2.75) is 110 Å². The summed E-state index contributed by atoms with van der Waals surface area (Å²) in [6.45, 7) is 7.02. The molecule has 0 bridgehead atoms. The zero-order valence-corrected chi connectivity index (χ0v) is 23.9. The molecule has 0 aromatic rings. The topological polar surface area (TPSA) is 115 Å². The van der Waals surface area contributed by atoms with Crippen molar-refractivity contribution in [1.29, 1.82) is 0 Å². The number of carbonyl (C=O) groups is 3. The molecule has 0 saturated heterocycles. The number of rotatable bonds is 27. The molecular weight excluding hydrogens is 474 g/mol. The number of carbonyl (C=O) groups excluding carboxylic acids is 3. The van der Waals surface area contributed by atoms with Crippen LogP contribution < -0.4 is 16.0 Å². The predicted molar refractivity (Wildman–Crippen MR) is 147 cm³/mol. The molecule has 0 fully saturated rings. The summed E-state index contributed by atoms with van der Waals surface area (Å²) in [6.07, 6.45) is 14.2. The highest BCUT2D eigenvalue weighted by molar-refractivity contribution is 5.88. The maximum absolute atomic E-state index is 12.8. The summed E-state index contributed by atoms with van der Waals surface area (Å²) in [5, 5.41) is 8.58. The van der Waals surface area contributed by atoms with Gasteiger partial charge in [0.25, 0.3) is 0 Å². The average Bonchev–Trinajstić information content (AvgIpc) is 2.89. The van der Waals surface area contributed by atoms with E-state index in [0.717, 1.165) is 32.1 Å². The minimum Gasteiger partial charge on any atom is -0.382 e. The second kappa shape index (κ2) is 27.3. The molecule has 0 radical (unpaired) electrons. The number of methoxy groups -OCH3 is 1. The highest BCUT2D eigenvalue weighted by atomic mass is 16.5. The fourth-order valence-corrected chi connectivity index (χ4v) is 3.77. The van der Waals surface area contributed by atoms with Gasteiger partial charge in [-0.25, -0.2) is 0 Å². The fourth-order valence-electron chi connectivity index (χ4n) is 3.77. The summed E-state index contributed by atoms with van der Waals surface area (Å²) in [6, 6.07) is -0.770. The van der Waals surface area contributed by atoms with E-state index in [1.54, 1.807) is 7.11 Å². The van der Waals surface area contributed by atoms with E-state index in [-0.39, 0.29) is 43.8 Å². The maximum Gasteiger partial charge on any atom is 0.246 e. The van der Waals surface area contributed by atoms with Gasteiger partial charge in [-0.3, -0.25) is 14.4 Å². The Morgan fingerprint density at radius 1 is 0.649 bits per heavy atom. The van der Waals surface area contributed by atoms with E-state index >= 15 is 0 Å². The minimum absolute atomic E-state index is 0.0963. The Kier molecular flexibility index (Phi) is 26.1. The van der Waals surface area contributed by atoms with E-state index in [4.69, 9.17) is 14.2 Å². The average molecular weight is 530 g/mol. The molecule has 0 rings (SSSR count). The molecule has 0 aromatic heterocycles. The number of hydrogen-bond donors (Lipinski definition) is 3. The Morgan fingerprint density at radius 2 is 1.19 bits per heavy atom. The van der Waals surface area contributed by atoms with Crippen molar-refractivity contribution in [1.82, 2.24) is 16.0 Å². The Hall–Kier alpha value is -1.71. The first-order valence-electron chi connectivity index (χ1n) is 14.5. The number of nitrogens with one attached hydrogen (secondary N) is 3. The highest BCUT2D eigenvalue weighted by Gasteiger charge is 2.21. The van der Waals surface area contributed by atoms with Crippen LogP contribution in [-0.4, -0.2) is 77.0 Å². The molecule has 0 aromatic carbocycles. The summed E-state index contributed by atoms with van der Waals surface area (Å²) in [5.41, 5.74) is 0. The molecule has 37 heavy (non-hydrogen) atoms. The SMILES string of the molecule is CCCCCCCCNC(=O)CC[C@H](NC(=O)COCCOCCOC)C(=O)NCCCCCCCC. The number of ether oxygens (including phenoxy) is 3. The van der Waals surface area contributed by atoms with Gasteiger partial charge in [0.15, 0.2) is 0 Å². The lowest BCUT2D eigenvalue weighted by Gasteiger charge is -2.18. The highest BCUT2D eigenvalue weighted by Crippen LogP contribution is 2.06. The summed E-state index contributed by atoms with van der Waals surface area (Å²) < 4.78 is 15.5. The van der Waals surface area contributed by atoms with Crippen LogP contribution in [0.2, 0.25) is 0 Å². The molecule has 0 heterocycles. The summed E-state index contributed by atoms with van der Waals surface area (Å²) in [5.74, 6) is -0.737. The van der Waals surface area contributed by atoms with Gasteiger partial charge in [-0.1, -0.05) is 78.1 Å². The van der Waals surface area contributed by atoms with Gasteiger partial charge in [0.05, 0.1) is 26.4 Å². The molecule has 0 aliphatic heterocycles. The molecule has 0 unspecified atom stereocenters. The van der Waals surface area contributed by atoms with E-state index in [9.17, 15) is 14.4 Å². The molecule has 1 atom stereocenters. The van der Waals surface area contributed by atoms with Crippen molar-refractivity contribution in [3.8, 4) is 0 Å². The van der Waals surface area contributed by atoms with Crippen LogP contribution in [0.25, 0.3) is 0 Å². The van der Waals surface area contributed by atoms with E-state index in [2.05, 4.69) is 29.8 Å². The molecule has 0 aliphatic rings. The molecule has 3 N–H and O–H groups in total. The zero-order valence-electron chi connectivity index (χ0n) is 23.9. The van der Waals surface area contributed by atoms with Gasteiger partial charge in [-0.05, 0) is 19.3 Å². The molecule has 0 saturated carbocycles. The number of hydrogen-bond acceptors (Lipinski definition) is 6. The van der Waals surface area contributed by atoms with Gasteiger partial charge in [-0.2, -0.15) is 0 Å². The van der Waals surface area contributed by atoms with Gasteiger partial charge in [-0.15, -0.1) is 0 Å². The van der Waals surface area contributed by atoms with Crippen molar-refractivity contribution in [3.63, 3.8) is 0 Å². The molecule has 3 amide bonds. The van der Waals surface area contributed by atoms with E-state index in [0.29, 0.717) is 32.9 Å². The van der Waals surface area contributed by atoms with Crippen LogP contribution in [0.3, 0.4) is 0 Å². The van der Waals surface area contributed by atoms with Gasteiger partial charge < -0.3 is 30.2 Å². The molecule has 9 heteroatoms. The smallest absolute Gasteiger partial charge is 0.246 e. The van der Waals surface area contributed by atoms with Crippen LogP contribution >= 0.6 is 0 Å². The lowest BCUT2D eigenvalue weighted by Crippen LogP contribution is -2.48. The standard InChI is InChI=1S/C28H55N3O6/c1-4-6-8-10-12-14-18-29-26(32)17-16-25(28(34)30-19-15-13-11-9-7-5-2)31-27(33)24-37-23-22-36-21-20-35-3/h25H,4-24H2,1-3H3,(H,29,32)(H,30,34)(H,31,33)/t25-/m0/s1. The van der Waals surface area contributed by atoms with Gasteiger partial charge in [0, 0.05) is 26.6 Å². The van der Waals surface area contributed by atoms with Crippen molar-refractivity contribution in [2.24, 2.45) is 0 Å². The Morgan fingerprint density at radius 3 is 1.81 bits per heavy atom. The van der Waals surface area contributed by atoms with Crippen LogP contribution in [0, 0.1) is 0 Å². The summed E-state index contributed by atoms with van der Waals surface area (Å²) in [4.78, 5) is 37.4. The molecule has 9 nitrogen and oxygen atoms in total. The van der Waals surface area contributed by atoms with Crippen LogP contribution in [0.5, 0.6) is 0 Å². The summed E-state index contributed by atoms with van der Waals surface area (Å²) in [7, 11) is 1.60. The third-order valence-corrected chi connectivity index (χ3v) is 6.03. The Labute approximate surface area is 225 Å². The maximum atomic E-state index is 12.8. The zero-order chi connectivity index (χ0) is 27.4. The molecule has 0 aliphatic carbocycles. The second-order valence-electron chi connectivity index (χ2n) is 9.49. The molecule has 0 spiro atoms. The van der Waals surface area contributed by atoms with Crippen molar-refractivity contribution >= 4 is 17.7 Å². The van der Waals surface area contributed by atoms with Crippen LogP contribution in [0.1, 0.15) is 104 Å². The largest absolute Gasteiger partial charge is 0.382 e. The van der Waals surface area contributed by atoms with Gasteiger partial charge in [0.2, 0.25) is 17.7 Å². The van der Waals surface area contributed by atoms with Crippen LogP contribution in [0.15, 0.2) is 0 Å². The number of unbranched alkanes of at least 4 members (excludes halogenated alkanes) is 10. The van der Waals surface area contributed by atoms with Crippen molar-refractivity contribution < 1.29 is 28.6 Å². The third kappa shape index (κ3) is 24.4. The monoisotopic (exact) mass is 529 g/mol. The lowest BCUT2D eigenvalue weighted by atomic mass is 10.1.